The van der Waals surface area contributed by atoms with E-state index in [0.717, 1.165) is 0 Å². The van der Waals surface area contributed by atoms with Crippen molar-refractivity contribution in [1.29, 1.82) is 0 Å². The Hall–Kier alpha value is -2.24. The monoisotopic (exact) mass is 233 g/mol. The van der Waals surface area contributed by atoms with Crippen molar-refractivity contribution in [3.8, 4) is 0 Å². The molecular formula is C11H15N5O. The average molecular weight is 233 g/mol. The first-order chi connectivity index (χ1) is 8.06. The number of aromatic amines is 1. The van der Waals surface area contributed by atoms with Crippen molar-refractivity contribution >= 4 is 17.3 Å². The molecule has 4 N–H and O–H groups in total. The molecule has 0 saturated heterocycles. The summed E-state index contributed by atoms with van der Waals surface area (Å²) in [4.78, 5) is 14.6. The Bertz CT molecular complexity index is 525. The Balaban J connectivity index is 2.07. The van der Waals surface area contributed by atoms with Crippen molar-refractivity contribution in [2.24, 2.45) is 0 Å². The molecule has 2 rings (SSSR count). The van der Waals surface area contributed by atoms with Gasteiger partial charge in [0.15, 0.2) is 0 Å². The molecule has 0 radical (unpaired) electrons. The highest BCUT2D eigenvalue weighted by Crippen LogP contribution is 2.12. The lowest BCUT2D eigenvalue weighted by Gasteiger charge is -2.03. The van der Waals surface area contributed by atoms with E-state index in [1.54, 1.807) is 29.3 Å². The average Bonchev–Trinajstić information content (AvgIpc) is 2.86. The highest BCUT2D eigenvalue weighted by atomic mass is 16.1. The van der Waals surface area contributed by atoms with Gasteiger partial charge in [0.1, 0.15) is 5.69 Å². The van der Waals surface area contributed by atoms with Gasteiger partial charge in [-0.3, -0.25) is 9.48 Å². The minimum Gasteiger partial charge on any atom is -0.397 e. The summed E-state index contributed by atoms with van der Waals surface area (Å²) in [6.45, 7) is 4.04. The Morgan fingerprint density at radius 3 is 2.88 bits per heavy atom. The fraction of sp³-hybridized carbons (Fsp3) is 0.273. The number of nitrogens with one attached hydrogen (secondary N) is 2. The largest absolute Gasteiger partial charge is 0.397 e. The molecule has 6 nitrogen and oxygen atoms in total. The van der Waals surface area contributed by atoms with Crippen LogP contribution in [0.5, 0.6) is 0 Å². The number of nitrogens with zero attached hydrogens (tertiary/aromatic N) is 2. The minimum absolute atomic E-state index is 0.231. The highest BCUT2D eigenvalue weighted by Gasteiger charge is 2.09. The molecule has 0 aromatic carbocycles. The molecule has 2 aromatic heterocycles. The first-order valence-corrected chi connectivity index (χ1v) is 5.35. The van der Waals surface area contributed by atoms with Gasteiger partial charge in [-0.15, -0.1) is 0 Å². The van der Waals surface area contributed by atoms with Crippen molar-refractivity contribution < 1.29 is 4.79 Å². The first kappa shape index (κ1) is 11.3. The van der Waals surface area contributed by atoms with Crippen LogP contribution in [0.2, 0.25) is 0 Å². The summed E-state index contributed by atoms with van der Waals surface area (Å²) in [7, 11) is 0. The van der Waals surface area contributed by atoms with Crippen LogP contribution in [-0.4, -0.2) is 20.7 Å². The zero-order chi connectivity index (χ0) is 12.4. The van der Waals surface area contributed by atoms with E-state index in [-0.39, 0.29) is 11.9 Å². The second kappa shape index (κ2) is 4.32. The number of hydrogen-bond donors (Lipinski definition) is 3. The summed E-state index contributed by atoms with van der Waals surface area (Å²) >= 11 is 0. The highest BCUT2D eigenvalue weighted by molar-refractivity contribution is 6.03. The fourth-order valence-electron chi connectivity index (χ4n) is 1.43. The lowest BCUT2D eigenvalue weighted by atomic mass is 10.4. The third-order valence-electron chi connectivity index (χ3n) is 2.34. The van der Waals surface area contributed by atoms with E-state index in [0.29, 0.717) is 17.1 Å². The van der Waals surface area contributed by atoms with Gasteiger partial charge in [-0.05, 0) is 19.9 Å². The van der Waals surface area contributed by atoms with Gasteiger partial charge in [0.2, 0.25) is 0 Å². The molecule has 0 aliphatic heterocycles. The standard InChI is InChI=1S/C11H15N5O/c1-7(2)16-6-9(5-14-16)15-11(17)10-3-8(12)4-13-10/h3-7,13H,12H2,1-2H3,(H,15,17). The molecule has 2 heterocycles. The topological polar surface area (TPSA) is 88.7 Å². The van der Waals surface area contributed by atoms with E-state index < -0.39 is 0 Å². The van der Waals surface area contributed by atoms with Crippen molar-refractivity contribution in [1.82, 2.24) is 14.8 Å². The summed E-state index contributed by atoms with van der Waals surface area (Å²) in [5, 5.41) is 6.87. The third kappa shape index (κ3) is 2.47. The molecule has 0 fully saturated rings. The summed E-state index contributed by atoms with van der Waals surface area (Å²) in [5.74, 6) is -0.231. The van der Waals surface area contributed by atoms with Crippen LogP contribution in [0.3, 0.4) is 0 Å². The van der Waals surface area contributed by atoms with Gasteiger partial charge in [0, 0.05) is 24.1 Å². The molecule has 0 aliphatic rings. The summed E-state index contributed by atoms with van der Waals surface area (Å²) in [6, 6.07) is 1.85. The normalized spacial score (nSPS) is 10.8. The second-order valence-corrected chi connectivity index (χ2v) is 4.10. The fourth-order valence-corrected chi connectivity index (χ4v) is 1.43. The number of aromatic nitrogens is 3. The Labute approximate surface area is 98.8 Å². The Morgan fingerprint density at radius 1 is 1.59 bits per heavy atom. The number of rotatable bonds is 3. The molecule has 6 heteroatoms. The van der Waals surface area contributed by atoms with Crippen molar-refractivity contribution in [2.45, 2.75) is 19.9 Å². The maximum atomic E-state index is 11.8. The van der Waals surface area contributed by atoms with Crippen LogP contribution >= 0.6 is 0 Å². The molecule has 0 unspecified atom stereocenters. The van der Waals surface area contributed by atoms with Crippen LogP contribution in [0.1, 0.15) is 30.4 Å². The van der Waals surface area contributed by atoms with Crippen molar-refractivity contribution in [3.05, 3.63) is 30.4 Å². The first-order valence-electron chi connectivity index (χ1n) is 5.35. The van der Waals surface area contributed by atoms with Gasteiger partial charge in [-0.25, -0.2) is 0 Å². The SMILES string of the molecule is CC(C)n1cc(NC(=O)c2cc(N)c[nH]2)cn1. The number of nitrogens with two attached hydrogens (primary N) is 1. The quantitative estimate of drug-likeness (QED) is 0.752. The van der Waals surface area contributed by atoms with Crippen LogP contribution in [-0.2, 0) is 0 Å². The van der Waals surface area contributed by atoms with Gasteiger partial charge in [-0.1, -0.05) is 0 Å². The molecule has 1 amide bonds. The van der Waals surface area contributed by atoms with Crippen LogP contribution in [0.25, 0.3) is 0 Å². The number of anilines is 2. The van der Waals surface area contributed by atoms with Gasteiger partial charge in [0.05, 0.1) is 11.9 Å². The molecular weight excluding hydrogens is 218 g/mol. The zero-order valence-corrected chi connectivity index (χ0v) is 9.77. The Kier molecular flexibility index (Phi) is 2.86. The van der Waals surface area contributed by atoms with Gasteiger partial charge < -0.3 is 16.0 Å². The van der Waals surface area contributed by atoms with E-state index in [2.05, 4.69) is 15.4 Å². The number of carbonyl (C=O) groups excluding carboxylic acids is 1. The van der Waals surface area contributed by atoms with Gasteiger partial charge in [0.25, 0.3) is 5.91 Å². The number of amides is 1. The maximum Gasteiger partial charge on any atom is 0.272 e. The predicted molar refractivity (Wildman–Crippen MR) is 65.8 cm³/mol. The summed E-state index contributed by atoms with van der Waals surface area (Å²) < 4.78 is 1.78. The smallest absolute Gasteiger partial charge is 0.272 e. The minimum atomic E-state index is -0.231. The molecule has 17 heavy (non-hydrogen) atoms. The van der Waals surface area contributed by atoms with Crippen LogP contribution < -0.4 is 11.1 Å². The number of nitrogen functional groups attached to an aromatic ring is 1. The molecule has 0 aliphatic carbocycles. The summed E-state index contributed by atoms with van der Waals surface area (Å²) in [5.41, 5.74) is 7.16. The third-order valence-corrected chi connectivity index (χ3v) is 2.34. The van der Waals surface area contributed by atoms with E-state index in [4.69, 9.17) is 5.73 Å². The van der Waals surface area contributed by atoms with Gasteiger partial charge in [-0.2, -0.15) is 5.10 Å². The van der Waals surface area contributed by atoms with Crippen molar-refractivity contribution in [2.75, 3.05) is 11.1 Å². The predicted octanol–water partition coefficient (Wildman–Crippen LogP) is 1.63. The summed E-state index contributed by atoms with van der Waals surface area (Å²) in [6.07, 6.45) is 4.98. The zero-order valence-electron chi connectivity index (χ0n) is 9.77. The van der Waals surface area contributed by atoms with Gasteiger partial charge >= 0.3 is 0 Å². The van der Waals surface area contributed by atoms with Crippen LogP contribution in [0.4, 0.5) is 11.4 Å². The number of hydrogen-bond acceptors (Lipinski definition) is 3. The molecule has 2 aromatic rings. The molecule has 0 spiro atoms. The lowest BCUT2D eigenvalue weighted by Crippen LogP contribution is -2.11. The Morgan fingerprint density at radius 2 is 2.35 bits per heavy atom. The molecule has 0 saturated carbocycles. The lowest BCUT2D eigenvalue weighted by molar-refractivity contribution is 0.102. The van der Waals surface area contributed by atoms with Crippen LogP contribution in [0.15, 0.2) is 24.7 Å². The van der Waals surface area contributed by atoms with Crippen molar-refractivity contribution in [3.63, 3.8) is 0 Å². The number of H-pyrrole nitrogens is 1. The molecule has 0 bridgehead atoms. The molecule has 90 valence electrons. The molecule has 0 atom stereocenters. The van der Waals surface area contributed by atoms with Crippen LogP contribution in [0, 0.1) is 0 Å². The van der Waals surface area contributed by atoms with E-state index in [9.17, 15) is 4.79 Å². The van der Waals surface area contributed by atoms with E-state index in [1.807, 2.05) is 13.8 Å². The maximum absolute atomic E-state index is 11.8. The van der Waals surface area contributed by atoms with E-state index >= 15 is 0 Å². The second-order valence-electron chi connectivity index (χ2n) is 4.10. The number of carbonyl (C=O) groups is 1. The van der Waals surface area contributed by atoms with E-state index in [1.165, 1.54) is 0 Å².